The molecule has 1 aliphatic heterocycles. The lowest BCUT2D eigenvalue weighted by Gasteiger charge is -2.36. The third-order valence-corrected chi connectivity index (χ3v) is 6.34. The Labute approximate surface area is 112 Å². The van der Waals surface area contributed by atoms with E-state index in [0.717, 1.165) is 5.75 Å². The molecule has 0 aliphatic carbocycles. The number of hydrogen-bond donors (Lipinski definition) is 0. The Bertz CT molecular complexity index is 529. The third kappa shape index (κ3) is 2.44. The summed E-state index contributed by atoms with van der Waals surface area (Å²) in [5.74, 6) is 1.18. The smallest absolute Gasteiger partial charge is 0.248 e. The standard InChI is InChI=1S/C11H18N2O3S2/c1-8-10(9(2)16-12-8)18(14,15)13-5-6-17-11(3,4)7-13/h5-7H2,1-4H3. The fourth-order valence-electron chi connectivity index (χ4n) is 2.15. The van der Waals surface area contributed by atoms with Crippen molar-refractivity contribution in [3.8, 4) is 0 Å². The van der Waals surface area contributed by atoms with E-state index in [1.54, 1.807) is 25.6 Å². The second-order valence-corrected chi connectivity index (χ2v) is 8.78. The molecule has 5 nitrogen and oxygen atoms in total. The lowest BCUT2D eigenvalue weighted by atomic mass is 10.2. The average molecular weight is 290 g/mol. The molecule has 0 aromatic carbocycles. The maximum Gasteiger partial charge on any atom is 0.248 e. The van der Waals surface area contributed by atoms with E-state index in [4.69, 9.17) is 4.52 Å². The highest BCUT2D eigenvalue weighted by atomic mass is 32.2. The van der Waals surface area contributed by atoms with Crippen LogP contribution in [-0.4, -0.2) is 41.5 Å². The quantitative estimate of drug-likeness (QED) is 0.831. The minimum absolute atomic E-state index is 0.0513. The number of aryl methyl sites for hydroxylation is 2. The zero-order chi connectivity index (χ0) is 13.6. The van der Waals surface area contributed by atoms with Crippen LogP contribution in [0.15, 0.2) is 9.42 Å². The maximum absolute atomic E-state index is 12.6. The summed E-state index contributed by atoms with van der Waals surface area (Å²) in [4.78, 5) is 0.227. The SMILES string of the molecule is Cc1noc(C)c1S(=O)(=O)N1CCSC(C)(C)C1. The first-order valence-corrected chi connectivity index (χ1v) is 8.23. The van der Waals surface area contributed by atoms with Gasteiger partial charge < -0.3 is 4.52 Å². The van der Waals surface area contributed by atoms with Crippen LogP contribution in [0.3, 0.4) is 0 Å². The van der Waals surface area contributed by atoms with Crippen molar-refractivity contribution < 1.29 is 12.9 Å². The van der Waals surface area contributed by atoms with Crippen LogP contribution in [0.25, 0.3) is 0 Å². The zero-order valence-corrected chi connectivity index (χ0v) is 12.7. The Kier molecular flexibility index (Phi) is 3.50. The molecule has 7 heteroatoms. The van der Waals surface area contributed by atoms with E-state index in [9.17, 15) is 8.42 Å². The van der Waals surface area contributed by atoms with Gasteiger partial charge in [-0.25, -0.2) is 8.42 Å². The van der Waals surface area contributed by atoms with Crippen molar-refractivity contribution in [2.75, 3.05) is 18.8 Å². The van der Waals surface area contributed by atoms with Crippen molar-refractivity contribution >= 4 is 21.8 Å². The Morgan fingerprint density at radius 3 is 2.56 bits per heavy atom. The minimum atomic E-state index is -3.49. The predicted molar refractivity (Wildman–Crippen MR) is 71.3 cm³/mol. The number of nitrogens with zero attached hydrogens (tertiary/aromatic N) is 2. The molecule has 18 heavy (non-hydrogen) atoms. The topological polar surface area (TPSA) is 63.4 Å². The van der Waals surface area contributed by atoms with Crippen molar-refractivity contribution in [2.24, 2.45) is 0 Å². The number of aromatic nitrogens is 1. The summed E-state index contributed by atoms with van der Waals surface area (Å²) in [5.41, 5.74) is 0.434. The first-order chi connectivity index (χ1) is 8.24. The molecule has 0 bridgehead atoms. The molecule has 1 aliphatic rings. The van der Waals surface area contributed by atoms with Crippen molar-refractivity contribution in [3.05, 3.63) is 11.5 Å². The molecule has 0 radical (unpaired) electrons. The highest BCUT2D eigenvalue weighted by Gasteiger charge is 2.37. The largest absolute Gasteiger partial charge is 0.360 e. The van der Waals surface area contributed by atoms with Crippen LogP contribution in [-0.2, 0) is 10.0 Å². The first kappa shape index (κ1) is 13.9. The number of hydrogen-bond acceptors (Lipinski definition) is 5. The molecule has 0 atom stereocenters. The monoisotopic (exact) mass is 290 g/mol. The van der Waals surface area contributed by atoms with Crippen LogP contribution >= 0.6 is 11.8 Å². The van der Waals surface area contributed by atoms with Crippen LogP contribution < -0.4 is 0 Å². The van der Waals surface area contributed by atoms with Gasteiger partial charge in [0.25, 0.3) is 0 Å². The number of rotatable bonds is 2. The summed E-state index contributed by atoms with van der Waals surface area (Å²) in [7, 11) is -3.49. The second-order valence-electron chi connectivity index (χ2n) is 5.10. The van der Waals surface area contributed by atoms with Crippen molar-refractivity contribution in [2.45, 2.75) is 37.3 Å². The molecule has 2 heterocycles. The molecule has 0 spiro atoms. The summed E-state index contributed by atoms with van der Waals surface area (Å²) in [5, 5.41) is 3.73. The molecule has 1 saturated heterocycles. The van der Waals surface area contributed by atoms with Crippen LogP contribution in [0, 0.1) is 13.8 Å². The summed E-state index contributed by atoms with van der Waals surface area (Å²) in [6.45, 7) is 8.48. The molecule has 0 amide bonds. The number of thioether (sulfide) groups is 1. The summed E-state index contributed by atoms with van der Waals surface area (Å²) in [6.07, 6.45) is 0. The van der Waals surface area contributed by atoms with Crippen LogP contribution in [0.4, 0.5) is 0 Å². The first-order valence-electron chi connectivity index (χ1n) is 5.81. The Hall–Kier alpha value is -0.530. The molecule has 1 aromatic heterocycles. The van der Waals surface area contributed by atoms with Gasteiger partial charge in [0.05, 0.1) is 0 Å². The summed E-state index contributed by atoms with van der Waals surface area (Å²) < 4.78 is 31.6. The summed E-state index contributed by atoms with van der Waals surface area (Å²) >= 11 is 1.80. The van der Waals surface area contributed by atoms with Crippen molar-refractivity contribution in [1.29, 1.82) is 0 Å². The molecule has 0 unspecified atom stereocenters. The van der Waals surface area contributed by atoms with Gasteiger partial charge in [-0.2, -0.15) is 16.1 Å². The van der Waals surface area contributed by atoms with Gasteiger partial charge in [-0.15, -0.1) is 0 Å². The van der Waals surface area contributed by atoms with Gasteiger partial charge in [0.15, 0.2) is 5.76 Å². The molecule has 102 valence electrons. The highest BCUT2D eigenvalue weighted by molar-refractivity contribution is 8.00. The van der Waals surface area contributed by atoms with E-state index < -0.39 is 10.0 Å². The average Bonchev–Trinajstić information content (AvgIpc) is 2.57. The third-order valence-electron chi connectivity index (χ3n) is 2.96. The van der Waals surface area contributed by atoms with E-state index >= 15 is 0 Å². The van der Waals surface area contributed by atoms with Gasteiger partial charge in [-0.05, 0) is 27.7 Å². The number of sulfonamides is 1. The highest BCUT2D eigenvalue weighted by Crippen LogP contribution is 2.33. The molecule has 1 aromatic rings. The van der Waals surface area contributed by atoms with E-state index in [1.807, 2.05) is 0 Å². The Morgan fingerprint density at radius 2 is 2.06 bits per heavy atom. The molecular weight excluding hydrogens is 272 g/mol. The Balaban J connectivity index is 2.38. The fraction of sp³-hybridized carbons (Fsp3) is 0.727. The van der Waals surface area contributed by atoms with Crippen LogP contribution in [0.5, 0.6) is 0 Å². The summed E-state index contributed by atoms with van der Waals surface area (Å²) in [6, 6.07) is 0. The molecule has 1 fully saturated rings. The lowest BCUT2D eigenvalue weighted by Crippen LogP contribution is -2.46. The molecule has 0 saturated carbocycles. The van der Waals surface area contributed by atoms with E-state index in [0.29, 0.717) is 24.5 Å². The van der Waals surface area contributed by atoms with Gasteiger partial charge >= 0.3 is 0 Å². The molecular formula is C11H18N2O3S2. The molecule has 0 N–H and O–H groups in total. The maximum atomic E-state index is 12.6. The van der Waals surface area contributed by atoms with Gasteiger partial charge in [0, 0.05) is 23.6 Å². The van der Waals surface area contributed by atoms with E-state index in [-0.39, 0.29) is 9.64 Å². The minimum Gasteiger partial charge on any atom is -0.360 e. The van der Waals surface area contributed by atoms with Crippen LogP contribution in [0.2, 0.25) is 0 Å². The van der Waals surface area contributed by atoms with E-state index in [1.165, 1.54) is 4.31 Å². The van der Waals surface area contributed by atoms with Gasteiger partial charge in [0.2, 0.25) is 10.0 Å². The van der Waals surface area contributed by atoms with E-state index in [2.05, 4.69) is 19.0 Å². The van der Waals surface area contributed by atoms with Crippen molar-refractivity contribution in [1.82, 2.24) is 9.46 Å². The second kappa shape index (κ2) is 4.54. The predicted octanol–water partition coefficient (Wildman–Crippen LogP) is 1.81. The van der Waals surface area contributed by atoms with Gasteiger partial charge in [0.1, 0.15) is 10.6 Å². The van der Waals surface area contributed by atoms with Gasteiger partial charge in [-0.1, -0.05) is 5.16 Å². The van der Waals surface area contributed by atoms with Gasteiger partial charge in [-0.3, -0.25) is 0 Å². The normalized spacial score (nSPS) is 21.1. The zero-order valence-electron chi connectivity index (χ0n) is 11.1. The lowest BCUT2D eigenvalue weighted by molar-refractivity contribution is 0.380. The van der Waals surface area contributed by atoms with Crippen LogP contribution in [0.1, 0.15) is 25.3 Å². The van der Waals surface area contributed by atoms with Crippen molar-refractivity contribution in [3.63, 3.8) is 0 Å². The fourth-order valence-corrected chi connectivity index (χ4v) is 5.35. The molecule has 2 rings (SSSR count). The Morgan fingerprint density at radius 1 is 1.39 bits per heavy atom.